The van der Waals surface area contributed by atoms with E-state index in [2.05, 4.69) is 20.0 Å². The average Bonchev–Trinajstić information content (AvgIpc) is 3.39. The van der Waals surface area contributed by atoms with Crippen molar-refractivity contribution in [3.8, 4) is 5.75 Å². The number of H-pyrrole nitrogens is 1. The summed E-state index contributed by atoms with van der Waals surface area (Å²) in [4.78, 5) is 19.7. The Morgan fingerprint density at radius 1 is 1.33 bits per heavy atom. The number of rotatable bonds is 6. The summed E-state index contributed by atoms with van der Waals surface area (Å²) in [6.07, 6.45) is -0.707. The van der Waals surface area contributed by atoms with Crippen LogP contribution in [-0.4, -0.2) is 28.7 Å². The molecule has 0 spiro atoms. The number of hydrogen-bond donors (Lipinski definition) is 2. The first kappa shape index (κ1) is 20.2. The monoisotopic (exact) mass is 421 g/mol. The van der Waals surface area contributed by atoms with Gasteiger partial charge in [-0.1, -0.05) is 0 Å². The summed E-state index contributed by atoms with van der Waals surface area (Å²) in [5.41, 5.74) is 2.20. The van der Waals surface area contributed by atoms with Crippen LogP contribution in [0.3, 0.4) is 0 Å². The number of amides is 1. The molecule has 3 aromatic rings. The minimum Gasteiger partial charge on any atom is -0.483 e. The van der Waals surface area contributed by atoms with Crippen molar-refractivity contribution in [2.75, 3.05) is 6.61 Å². The van der Waals surface area contributed by atoms with E-state index >= 15 is 0 Å². The van der Waals surface area contributed by atoms with E-state index in [1.165, 1.54) is 30.5 Å². The molecule has 5 nitrogen and oxygen atoms in total. The van der Waals surface area contributed by atoms with E-state index in [4.69, 9.17) is 0 Å². The highest BCUT2D eigenvalue weighted by molar-refractivity contribution is 5.88. The van der Waals surface area contributed by atoms with E-state index in [1.807, 2.05) is 6.20 Å². The number of aromatic amines is 1. The van der Waals surface area contributed by atoms with Crippen LogP contribution in [-0.2, 0) is 4.79 Å². The van der Waals surface area contributed by atoms with Crippen molar-refractivity contribution in [2.45, 2.75) is 31.5 Å². The van der Waals surface area contributed by atoms with E-state index < -0.39 is 18.8 Å². The maximum Gasteiger partial charge on any atom is 0.422 e. The van der Waals surface area contributed by atoms with Gasteiger partial charge in [-0.05, 0) is 55.2 Å². The smallest absolute Gasteiger partial charge is 0.422 e. The van der Waals surface area contributed by atoms with E-state index in [9.17, 15) is 22.4 Å². The molecule has 2 N–H and O–H groups in total. The molecule has 0 radical (unpaired) electrons. The molecule has 1 amide bonds. The van der Waals surface area contributed by atoms with Gasteiger partial charge in [-0.25, -0.2) is 4.39 Å². The van der Waals surface area contributed by atoms with Crippen molar-refractivity contribution in [2.24, 2.45) is 5.92 Å². The molecule has 2 unspecified atom stereocenters. The number of carbonyl (C=O) groups excluding carboxylic acids is 1. The molecule has 1 aliphatic carbocycles. The minimum absolute atomic E-state index is 0.00707. The number of hydrogen-bond acceptors (Lipinski definition) is 3. The van der Waals surface area contributed by atoms with E-state index in [1.54, 1.807) is 13.0 Å². The van der Waals surface area contributed by atoms with Crippen LogP contribution in [0, 0.1) is 11.7 Å². The number of pyridine rings is 1. The third-order valence-corrected chi connectivity index (χ3v) is 5.17. The molecule has 3 atom stereocenters. The number of alkyl halides is 3. The van der Waals surface area contributed by atoms with Gasteiger partial charge in [-0.2, -0.15) is 13.2 Å². The Balaban J connectivity index is 1.35. The molecule has 1 aromatic carbocycles. The molecule has 0 aliphatic heterocycles. The van der Waals surface area contributed by atoms with Gasteiger partial charge in [0, 0.05) is 23.0 Å². The lowest BCUT2D eigenvalue weighted by Gasteiger charge is -2.14. The topological polar surface area (TPSA) is 67.0 Å². The standard InChI is InChI=1S/C21H19F4N3O2/c1-11(18-5-3-13(8-26-18)30-10-21(23,24)25)28-20(29)16-7-15(16)17-9-27-19-6-12(22)2-4-14(17)19/h2-6,8-9,11,15-16,27H,7,10H2,1H3,(H,28,29)/t11-,15?,16?/m1/s1. The maximum absolute atomic E-state index is 13.3. The van der Waals surface area contributed by atoms with E-state index in [0.29, 0.717) is 17.6 Å². The van der Waals surface area contributed by atoms with Crippen LogP contribution in [0.2, 0.25) is 0 Å². The summed E-state index contributed by atoms with van der Waals surface area (Å²) in [6, 6.07) is 7.03. The molecule has 0 bridgehead atoms. The fraction of sp³-hybridized carbons (Fsp3) is 0.333. The third-order valence-electron chi connectivity index (χ3n) is 5.17. The van der Waals surface area contributed by atoms with Crippen molar-refractivity contribution in [3.05, 3.63) is 59.8 Å². The zero-order valence-electron chi connectivity index (χ0n) is 16.0. The number of carbonyl (C=O) groups is 1. The molecule has 2 aromatic heterocycles. The van der Waals surface area contributed by atoms with Crippen LogP contribution < -0.4 is 10.1 Å². The van der Waals surface area contributed by atoms with Crippen molar-refractivity contribution in [1.82, 2.24) is 15.3 Å². The first-order valence-corrected chi connectivity index (χ1v) is 9.43. The Morgan fingerprint density at radius 3 is 2.83 bits per heavy atom. The maximum atomic E-state index is 13.3. The quantitative estimate of drug-likeness (QED) is 0.571. The largest absolute Gasteiger partial charge is 0.483 e. The van der Waals surface area contributed by atoms with E-state index in [0.717, 1.165) is 10.9 Å². The van der Waals surface area contributed by atoms with Crippen LogP contribution in [0.4, 0.5) is 17.6 Å². The molecule has 1 saturated carbocycles. The number of ether oxygens (including phenoxy) is 1. The van der Waals surface area contributed by atoms with Gasteiger partial charge in [-0.15, -0.1) is 0 Å². The number of benzene rings is 1. The van der Waals surface area contributed by atoms with E-state index in [-0.39, 0.29) is 29.3 Å². The Bertz CT molecular complexity index is 1060. The lowest BCUT2D eigenvalue weighted by Crippen LogP contribution is -2.29. The molecule has 4 rings (SSSR count). The molecular formula is C21H19F4N3O2. The molecule has 9 heteroatoms. The SMILES string of the molecule is C[C@@H](NC(=O)C1CC1c1c[nH]c2cc(F)ccc12)c1ccc(OCC(F)(F)F)cn1. The summed E-state index contributed by atoms with van der Waals surface area (Å²) in [7, 11) is 0. The molecule has 30 heavy (non-hydrogen) atoms. The lowest BCUT2D eigenvalue weighted by molar-refractivity contribution is -0.153. The van der Waals surface area contributed by atoms with Gasteiger partial charge in [0.15, 0.2) is 6.61 Å². The predicted octanol–water partition coefficient (Wildman–Crippen LogP) is 4.62. The summed E-state index contributed by atoms with van der Waals surface area (Å²) >= 11 is 0. The van der Waals surface area contributed by atoms with Gasteiger partial charge in [0.25, 0.3) is 0 Å². The third kappa shape index (κ3) is 4.39. The lowest BCUT2D eigenvalue weighted by atomic mass is 10.1. The molecule has 1 fully saturated rings. The fourth-order valence-electron chi connectivity index (χ4n) is 3.55. The number of fused-ring (bicyclic) bond motifs is 1. The van der Waals surface area contributed by atoms with Gasteiger partial charge in [0.1, 0.15) is 11.6 Å². The molecule has 1 aliphatic rings. The highest BCUT2D eigenvalue weighted by Crippen LogP contribution is 2.49. The molecular weight excluding hydrogens is 402 g/mol. The van der Waals surface area contributed by atoms with Crippen molar-refractivity contribution >= 4 is 16.8 Å². The summed E-state index contributed by atoms with van der Waals surface area (Å²) in [5.74, 6) is -0.568. The zero-order valence-corrected chi connectivity index (χ0v) is 16.0. The second kappa shape index (κ2) is 7.62. The highest BCUT2D eigenvalue weighted by atomic mass is 19.4. The second-order valence-corrected chi connectivity index (χ2v) is 7.44. The Labute approximate surface area is 169 Å². The zero-order chi connectivity index (χ0) is 21.5. The number of aromatic nitrogens is 2. The summed E-state index contributed by atoms with van der Waals surface area (Å²) in [5, 5.41) is 3.79. The molecule has 158 valence electrons. The van der Waals surface area contributed by atoms with Crippen LogP contribution in [0.25, 0.3) is 10.9 Å². The summed E-state index contributed by atoms with van der Waals surface area (Å²) < 4.78 is 54.6. The van der Waals surface area contributed by atoms with Gasteiger partial charge in [0.2, 0.25) is 5.91 Å². The predicted molar refractivity (Wildman–Crippen MR) is 101 cm³/mol. The first-order valence-electron chi connectivity index (χ1n) is 9.43. The first-order chi connectivity index (χ1) is 14.2. The van der Waals surface area contributed by atoms with Gasteiger partial charge < -0.3 is 15.0 Å². The fourth-order valence-corrected chi connectivity index (χ4v) is 3.55. The van der Waals surface area contributed by atoms with Crippen LogP contribution in [0.5, 0.6) is 5.75 Å². The minimum atomic E-state index is -4.42. The Kier molecular flexibility index (Phi) is 5.13. The highest BCUT2D eigenvalue weighted by Gasteiger charge is 2.45. The van der Waals surface area contributed by atoms with Crippen LogP contribution >= 0.6 is 0 Å². The number of nitrogens with zero attached hydrogens (tertiary/aromatic N) is 1. The molecule has 0 saturated heterocycles. The average molecular weight is 421 g/mol. The summed E-state index contributed by atoms with van der Waals surface area (Å²) in [6.45, 7) is 0.367. The van der Waals surface area contributed by atoms with Crippen molar-refractivity contribution in [1.29, 1.82) is 0 Å². The van der Waals surface area contributed by atoms with Crippen molar-refractivity contribution < 1.29 is 27.1 Å². The second-order valence-electron chi connectivity index (χ2n) is 7.44. The van der Waals surface area contributed by atoms with Gasteiger partial charge >= 0.3 is 6.18 Å². The number of halogens is 4. The van der Waals surface area contributed by atoms with Crippen molar-refractivity contribution in [3.63, 3.8) is 0 Å². The normalized spacial score (nSPS) is 19.5. The number of nitrogens with one attached hydrogen (secondary N) is 2. The van der Waals surface area contributed by atoms with Crippen LogP contribution in [0.15, 0.2) is 42.7 Å². The van der Waals surface area contributed by atoms with Gasteiger partial charge in [0.05, 0.1) is 17.9 Å². The molecule has 2 heterocycles. The van der Waals surface area contributed by atoms with Crippen LogP contribution in [0.1, 0.15) is 36.6 Å². The Hall–Kier alpha value is -3.10. The van der Waals surface area contributed by atoms with Gasteiger partial charge in [-0.3, -0.25) is 9.78 Å². The Morgan fingerprint density at radius 2 is 2.13 bits per heavy atom.